The third-order valence-corrected chi connectivity index (χ3v) is 5.26. The predicted molar refractivity (Wildman–Crippen MR) is 111 cm³/mol. The van der Waals surface area contributed by atoms with E-state index in [1.54, 1.807) is 0 Å². The van der Waals surface area contributed by atoms with E-state index in [0.29, 0.717) is 24.7 Å². The summed E-state index contributed by atoms with van der Waals surface area (Å²) in [5.74, 6) is -2.02. The minimum atomic E-state index is -0.618. The third kappa shape index (κ3) is 5.09. The van der Waals surface area contributed by atoms with E-state index in [2.05, 4.69) is 0 Å². The lowest BCUT2D eigenvalue weighted by Crippen LogP contribution is -2.08. The number of carbonyl (C=O) groups is 1. The van der Waals surface area contributed by atoms with Gasteiger partial charge in [0.05, 0.1) is 6.61 Å². The Morgan fingerprint density at radius 3 is 2.37 bits per heavy atom. The highest BCUT2D eigenvalue weighted by Gasteiger charge is 2.19. The van der Waals surface area contributed by atoms with Gasteiger partial charge >= 0.3 is 0 Å². The van der Waals surface area contributed by atoms with Crippen molar-refractivity contribution in [1.82, 2.24) is 0 Å². The molecule has 0 amide bonds. The number of benzene rings is 3. The minimum absolute atomic E-state index is 0.0660. The van der Waals surface area contributed by atoms with Crippen molar-refractivity contribution in [1.29, 1.82) is 0 Å². The summed E-state index contributed by atoms with van der Waals surface area (Å²) in [5.41, 5.74) is 3.82. The molecule has 0 N–H and O–H groups in total. The fraction of sp³-hybridized carbons (Fsp3) is 0.240. The van der Waals surface area contributed by atoms with E-state index in [4.69, 9.17) is 4.74 Å². The number of ether oxygens (including phenoxy) is 1. The van der Waals surface area contributed by atoms with Crippen LogP contribution in [0.5, 0.6) is 5.75 Å². The second-order valence-corrected chi connectivity index (χ2v) is 7.36. The fourth-order valence-corrected chi connectivity index (χ4v) is 3.44. The van der Waals surface area contributed by atoms with E-state index < -0.39 is 17.5 Å². The Bertz CT molecular complexity index is 1050. The molecule has 1 unspecified atom stereocenters. The highest BCUT2D eigenvalue weighted by Crippen LogP contribution is 2.32. The summed E-state index contributed by atoms with van der Waals surface area (Å²) in [5, 5.41) is 0. The number of rotatable bonds is 8. The van der Waals surface area contributed by atoms with Crippen LogP contribution < -0.4 is 4.74 Å². The van der Waals surface area contributed by atoms with E-state index in [1.165, 1.54) is 24.3 Å². The van der Waals surface area contributed by atoms with Gasteiger partial charge in [-0.1, -0.05) is 24.3 Å². The van der Waals surface area contributed by atoms with Gasteiger partial charge in [0.1, 0.15) is 17.9 Å². The topological polar surface area (TPSA) is 26.3 Å². The zero-order valence-corrected chi connectivity index (χ0v) is 16.9. The molecule has 0 radical (unpaired) electrons. The molecule has 156 valence electrons. The summed E-state index contributed by atoms with van der Waals surface area (Å²) in [7, 11) is 0. The summed E-state index contributed by atoms with van der Waals surface area (Å²) in [4.78, 5) is 10.7. The Morgan fingerprint density at radius 2 is 1.70 bits per heavy atom. The molecule has 3 aromatic carbocycles. The molecule has 0 saturated carbocycles. The van der Waals surface area contributed by atoms with Crippen LogP contribution in [0.1, 0.15) is 51.4 Å². The van der Waals surface area contributed by atoms with Crippen molar-refractivity contribution in [3.63, 3.8) is 0 Å². The Kier molecular flexibility index (Phi) is 6.93. The Hall–Kier alpha value is -3.08. The van der Waals surface area contributed by atoms with Crippen LogP contribution in [-0.2, 0) is 0 Å². The van der Waals surface area contributed by atoms with Crippen LogP contribution in [0.2, 0.25) is 0 Å². The largest absolute Gasteiger partial charge is 0.491 e. The highest BCUT2D eigenvalue weighted by molar-refractivity contribution is 5.74. The highest BCUT2D eigenvalue weighted by atomic mass is 19.1. The quantitative estimate of drug-likeness (QED) is 0.311. The predicted octanol–water partition coefficient (Wildman–Crippen LogP) is 6.52. The van der Waals surface area contributed by atoms with Crippen molar-refractivity contribution in [2.24, 2.45) is 0 Å². The lowest BCUT2D eigenvalue weighted by Gasteiger charge is -2.20. The van der Waals surface area contributed by atoms with Gasteiger partial charge in [-0.15, -0.1) is 0 Å². The van der Waals surface area contributed by atoms with Crippen LogP contribution in [0, 0.1) is 31.3 Å². The molecule has 30 heavy (non-hydrogen) atoms. The molecule has 5 heteroatoms. The zero-order valence-electron chi connectivity index (χ0n) is 16.9. The normalized spacial score (nSPS) is 11.9. The van der Waals surface area contributed by atoms with Gasteiger partial charge in [-0.2, -0.15) is 0 Å². The van der Waals surface area contributed by atoms with Gasteiger partial charge in [-0.25, -0.2) is 13.2 Å². The molecule has 0 bridgehead atoms. The van der Waals surface area contributed by atoms with E-state index in [-0.39, 0.29) is 23.8 Å². The average Bonchev–Trinajstić information content (AvgIpc) is 2.72. The number of hydrogen-bond acceptors (Lipinski definition) is 2. The van der Waals surface area contributed by atoms with Crippen molar-refractivity contribution in [2.45, 2.75) is 32.6 Å². The third-order valence-electron chi connectivity index (χ3n) is 5.26. The number of aryl methyl sites for hydroxylation is 2. The standard InChI is InChI=1S/C25H23F3O2/c1-16-5-7-19(12-17(16)2)21(22-9-8-20(26)14-23(22)27)4-3-11-30-25-10-6-18(15-29)13-24(25)28/h5-10,12-15,21H,3-4,11H2,1-2H3. The summed E-state index contributed by atoms with van der Waals surface area (Å²) in [6.45, 7) is 4.22. The van der Waals surface area contributed by atoms with Crippen molar-refractivity contribution in [2.75, 3.05) is 6.61 Å². The first-order valence-electron chi connectivity index (χ1n) is 9.78. The molecule has 2 nitrogen and oxygen atoms in total. The first-order chi connectivity index (χ1) is 14.4. The van der Waals surface area contributed by atoms with Gasteiger partial charge in [0.25, 0.3) is 0 Å². The van der Waals surface area contributed by atoms with Crippen LogP contribution in [0.25, 0.3) is 0 Å². The molecule has 0 fully saturated rings. The molecule has 3 rings (SSSR count). The van der Waals surface area contributed by atoms with Crippen molar-refractivity contribution >= 4 is 6.29 Å². The molecule has 1 atom stereocenters. The van der Waals surface area contributed by atoms with Crippen LogP contribution in [0.3, 0.4) is 0 Å². The molecule has 0 aliphatic carbocycles. The molecule has 0 heterocycles. The molecule has 0 aromatic heterocycles. The monoisotopic (exact) mass is 412 g/mol. The minimum Gasteiger partial charge on any atom is -0.491 e. The smallest absolute Gasteiger partial charge is 0.165 e. The maximum Gasteiger partial charge on any atom is 0.165 e. The first kappa shape index (κ1) is 21.6. The molecular formula is C25H23F3O2. The van der Waals surface area contributed by atoms with Crippen LogP contribution in [-0.4, -0.2) is 12.9 Å². The number of aldehydes is 1. The average molecular weight is 412 g/mol. The zero-order chi connectivity index (χ0) is 21.7. The molecule has 0 aliphatic heterocycles. The second-order valence-electron chi connectivity index (χ2n) is 7.36. The molecule has 0 saturated heterocycles. The van der Waals surface area contributed by atoms with E-state index in [9.17, 15) is 18.0 Å². The summed E-state index contributed by atoms with van der Waals surface area (Å²) in [6.07, 6.45) is 1.64. The fourth-order valence-electron chi connectivity index (χ4n) is 3.44. The Morgan fingerprint density at radius 1 is 0.900 bits per heavy atom. The summed E-state index contributed by atoms with van der Waals surface area (Å²) < 4.78 is 47.4. The molecule has 3 aromatic rings. The number of carbonyl (C=O) groups excluding carboxylic acids is 1. The summed E-state index contributed by atoms with van der Waals surface area (Å²) in [6, 6.07) is 13.6. The van der Waals surface area contributed by atoms with E-state index in [1.807, 2.05) is 32.0 Å². The maximum absolute atomic E-state index is 14.5. The number of halogens is 3. The van der Waals surface area contributed by atoms with Crippen LogP contribution in [0.4, 0.5) is 13.2 Å². The first-order valence-corrected chi connectivity index (χ1v) is 9.78. The Labute approximate surface area is 174 Å². The van der Waals surface area contributed by atoms with Crippen molar-refractivity contribution in [3.05, 3.63) is 99.9 Å². The summed E-state index contributed by atoms with van der Waals surface area (Å²) >= 11 is 0. The van der Waals surface area contributed by atoms with E-state index in [0.717, 1.165) is 28.8 Å². The SMILES string of the molecule is Cc1ccc(C(CCCOc2ccc(C=O)cc2F)c2ccc(F)cc2F)cc1C. The molecule has 0 aliphatic rings. The van der Waals surface area contributed by atoms with Gasteiger partial charge in [0.2, 0.25) is 0 Å². The van der Waals surface area contributed by atoms with Gasteiger partial charge in [0.15, 0.2) is 11.6 Å². The second kappa shape index (κ2) is 9.61. The number of hydrogen-bond donors (Lipinski definition) is 0. The molecule has 0 spiro atoms. The maximum atomic E-state index is 14.5. The lowest BCUT2D eigenvalue weighted by atomic mass is 9.86. The van der Waals surface area contributed by atoms with Crippen LogP contribution in [0.15, 0.2) is 54.6 Å². The molecular weight excluding hydrogens is 389 g/mol. The lowest BCUT2D eigenvalue weighted by molar-refractivity contribution is 0.112. The van der Waals surface area contributed by atoms with Crippen LogP contribution >= 0.6 is 0 Å². The van der Waals surface area contributed by atoms with Gasteiger partial charge in [0, 0.05) is 17.5 Å². The Balaban J connectivity index is 1.76. The van der Waals surface area contributed by atoms with E-state index >= 15 is 0 Å². The van der Waals surface area contributed by atoms with Gasteiger partial charge < -0.3 is 4.74 Å². The van der Waals surface area contributed by atoms with Crippen molar-refractivity contribution in [3.8, 4) is 5.75 Å². The van der Waals surface area contributed by atoms with Gasteiger partial charge in [-0.3, -0.25) is 4.79 Å². The van der Waals surface area contributed by atoms with Crippen molar-refractivity contribution < 1.29 is 22.7 Å². The van der Waals surface area contributed by atoms with Gasteiger partial charge in [-0.05, 0) is 73.2 Å².